The number of aryl methyl sites for hydroxylation is 1. The Morgan fingerprint density at radius 2 is 1.94 bits per heavy atom. The molecule has 0 aliphatic rings. The van der Waals surface area contributed by atoms with Crippen molar-refractivity contribution in [2.24, 2.45) is 5.84 Å². The van der Waals surface area contributed by atoms with E-state index in [4.69, 9.17) is 29.0 Å². The van der Waals surface area contributed by atoms with Crippen molar-refractivity contribution in [2.45, 2.75) is 6.92 Å². The molecule has 0 radical (unpaired) electrons. The van der Waals surface area contributed by atoms with Crippen molar-refractivity contribution in [2.75, 3.05) is 5.43 Å². The number of hydrogen-bond acceptors (Lipinski definition) is 3. The third-order valence-electron chi connectivity index (χ3n) is 2.11. The molecule has 0 saturated heterocycles. The van der Waals surface area contributed by atoms with Gasteiger partial charge in [0.2, 0.25) is 0 Å². The number of hydrogen-bond donors (Lipinski definition) is 2. The molecule has 0 unspecified atom stereocenters. The number of halogens is 3. The summed E-state index contributed by atoms with van der Waals surface area (Å²) in [6.07, 6.45) is 0. The molecule has 0 spiro atoms. The van der Waals surface area contributed by atoms with Crippen LogP contribution in [0.25, 0.3) is 10.9 Å². The van der Waals surface area contributed by atoms with E-state index >= 15 is 0 Å². The monoisotopic (exact) mass is 277 g/mol. The molecule has 0 bridgehead atoms. The van der Waals surface area contributed by atoms with Crippen LogP contribution in [0.1, 0.15) is 5.69 Å². The highest BCUT2D eigenvalue weighted by molar-refractivity contribution is 6.39. The summed E-state index contributed by atoms with van der Waals surface area (Å²) in [5.41, 5.74) is 4.94. The number of rotatable bonds is 1. The lowest BCUT2D eigenvalue weighted by Gasteiger charge is -2.08. The summed E-state index contributed by atoms with van der Waals surface area (Å²) in [6, 6.07) is 5.27. The van der Waals surface area contributed by atoms with Gasteiger partial charge in [-0.3, -0.25) is 10.8 Å². The third kappa shape index (κ3) is 2.33. The van der Waals surface area contributed by atoms with Crippen molar-refractivity contribution in [3.63, 3.8) is 0 Å². The zero-order valence-electron chi connectivity index (χ0n) is 8.42. The molecule has 16 heavy (non-hydrogen) atoms. The van der Waals surface area contributed by atoms with E-state index < -0.39 is 0 Å². The Morgan fingerprint density at radius 1 is 1.25 bits per heavy atom. The number of nitrogens with one attached hydrogen (secondary N) is 1. The van der Waals surface area contributed by atoms with E-state index in [0.29, 0.717) is 10.0 Å². The van der Waals surface area contributed by atoms with Gasteiger partial charge in [-0.05, 0) is 25.1 Å². The Morgan fingerprint density at radius 3 is 2.56 bits per heavy atom. The fourth-order valence-corrected chi connectivity index (χ4v) is 2.12. The summed E-state index contributed by atoms with van der Waals surface area (Å²) >= 11 is 12.0. The van der Waals surface area contributed by atoms with E-state index in [-0.39, 0.29) is 12.4 Å². The molecular weight excluding hydrogens is 268 g/mol. The molecule has 0 atom stereocenters. The summed E-state index contributed by atoms with van der Waals surface area (Å²) in [7, 11) is 0. The Kier molecular flexibility index (Phi) is 4.21. The molecule has 1 heterocycles. The molecule has 0 fully saturated rings. The van der Waals surface area contributed by atoms with Crippen LogP contribution in [0.3, 0.4) is 0 Å². The van der Waals surface area contributed by atoms with Gasteiger partial charge < -0.3 is 5.43 Å². The van der Waals surface area contributed by atoms with Crippen LogP contribution in [-0.2, 0) is 0 Å². The first-order valence-electron chi connectivity index (χ1n) is 4.35. The molecule has 6 heteroatoms. The molecule has 3 nitrogen and oxygen atoms in total. The molecule has 3 N–H and O–H groups in total. The van der Waals surface area contributed by atoms with Crippen LogP contribution in [0, 0.1) is 6.92 Å². The average Bonchev–Trinajstić information content (AvgIpc) is 2.14. The lowest BCUT2D eigenvalue weighted by molar-refractivity contribution is 1.24. The molecule has 86 valence electrons. The Labute approximate surface area is 109 Å². The van der Waals surface area contributed by atoms with Crippen LogP contribution in [-0.4, -0.2) is 4.98 Å². The SMILES string of the molecule is Cc1cc(NN)c2c(Cl)cc(Cl)cc2n1.Cl. The maximum Gasteiger partial charge on any atom is 0.0756 e. The number of aromatic nitrogens is 1. The average molecular weight is 279 g/mol. The van der Waals surface area contributed by atoms with Crippen LogP contribution in [0.5, 0.6) is 0 Å². The van der Waals surface area contributed by atoms with E-state index in [2.05, 4.69) is 10.4 Å². The van der Waals surface area contributed by atoms with Gasteiger partial charge in [-0.2, -0.15) is 0 Å². The minimum atomic E-state index is 0. The van der Waals surface area contributed by atoms with E-state index in [1.54, 1.807) is 12.1 Å². The molecule has 0 amide bonds. The fourth-order valence-electron chi connectivity index (χ4n) is 1.53. The zero-order chi connectivity index (χ0) is 11.0. The topological polar surface area (TPSA) is 50.9 Å². The molecular formula is C10H10Cl3N3. The number of nitrogens with zero attached hydrogens (tertiary/aromatic N) is 1. The van der Waals surface area contributed by atoms with Crippen molar-refractivity contribution < 1.29 is 0 Å². The summed E-state index contributed by atoms with van der Waals surface area (Å²) in [6.45, 7) is 1.88. The Bertz CT molecular complexity index is 523. The van der Waals surface area contributed by atoms with Crippen molar-refractivity contribution in [3.8, 4) is 0 Å². The number of nitrogens with two attached hydrogens (primary N) is 1. The van der Waals surface area contributed by atoms with Gasteiger partial charge in [-0.15, -0.1) is 12.4 Å². The largest absolute Gasteiger partial charge is 0.323 e. The number of hydrazine groups is 1. The van der Waals surface area contributed by atoms with E-state index in [9.17, 15) is 0 Å². The second kappa shape index (κ2) is 5.06. The number of benzene rings is 1. The highest BCUT2D eigenvalue weighted by Crippen LogP contribution is 2.32. The number of nitrogen functional groups attached to an aromatic ring is 1. The summed E-state index contributed by atoms with van der Waals surface area (Å²) in [5.74, 6) is 5.42. The van der Waals surface area contributed by atoms with Crippen molar-refractivity contribution in [1.29, 1.82) is 0 Å². The van der Waals surface area contributed by atoms with Crippen molar-refractivity contribution >= 4 is 52.2 Å². The molecule has 1 aromatic heterocycles. The van der Waals surface area contributed by atoms with Crippen LogP contribution in [0.4, 0.5) is 5.69 Å². The van der Waals surface area contributed by atoms with Crippen LogP contribution in [0.2, 0.25) is 10.0 Å². The highest BCUT2D eigenvalue weighted by Gasteiger charge is 2.08. The highest BCUT2D eigenvalue weighted by atomic mass is 35.5. The molecule has 2 aromatic rings. The maximum atomic E-state index is 6.08. The Hall–Kier alpha value is -0.740. The van der Waals surface area contributed by atoms with Crippen LogP contribution >= 0.6 is 35.6 Å². The summed E-state index contributed by atoms with van der Waals surface area (Å²) in [4.78, 5) is 4.34. The van der Waals surface area contributed by atoms with E-state index in [0.717, 1.165) is 22.3 Å². The Balaban J connectivity index is 0.00000128. The van der Waals surface area contributed by atoms with Crippen LogP contribution < -0.4 is 11.3 Å². The van der Waals surface area contributed by atoms with Gasteiger partial charge in [0.1, 0.15) is 0 Å². The first-order valence-corrected chi connectivity index (χ1v) is 5.10. The van der Waals surface area contributed by atoms with Gasteiger partial charge in [-0.25, -0.2) is 0 Å². The quantitative estimate of drug-likeness (QED) is 0.619. The van der Waals surface area contributed by atoms with Crippen LogP contribution in [0.15, 0.2) is 18.2 Å². The van der Waals surface area contributed by atoms with Gasteiger partial charge >= 0.3 is 0 Å². The molecule has 0 aliphatic carbocycles. The van der Waals surface area contributed by atoms with Crippen molar-refractivity contribution in [3.05, 3.63) is 33.9 Å². The summed E-state index contributed by atoms with van der Waals surface area (Å²) in [5, 5.41) is 1.89. The predicted octanol–water partition coefficient (Wildman–Crippen LogP) is 3.56. The molecule has 0 aliphatic heterocycles. The summed E-state index contributed by atoms with van der Waals surface area (Å²) < 4.78 is 0. The fraction of sp³-hybridized carbons (Fsp3) is 0.100. The number of pyridine rings is 1. The minimum absolute atomic E-state index is 0. The normalized spacial score (nSPS) is 10.0. The molecule has 0 saturated carbocycles. The van der Waals surface area contributed by atoms with Gasteiger partial charge in [0.25, 0.3) is 0 Å². The number of anilines is 1. The first-order chi connectivity index (χ1) is 7.11. The van der Waals surface area contributed by atoms with E-state index in [1.807, 2.05) is 13.0 Å². The first kappa shape index (κ1) is 13.3. The van der Waals surface area contributed by atoms with Gasteiger partial charge in [0.15, 0.2) is 0 Å². The molecule has 1 aromatic carbocycles. The standard InChI is InChI=1S/C10H9Cl2N3.ClH/c1-5-2-9(15-13)10-7(12)3-6(11)4-8(10)14-5;/h2-4H,13H2,1H3,(H,14,15);1H. The van der Waals surface area contributed by atoms with Gasteiger partial charge in [0.05, 0.1) is 16.2 Å². The predicted molar refractivity (Wildman–Crippen MR) is 71.6 cm³/mol. The third-order valence-corrected chi connectivity index (χ3v) is 2.63. The minimum Gasteiger partial charge on any atom is -0.323 e. The molecule has 2 rings (SSSR count). The lowest BCUT2D eigenvalue weighted by Crippen LogP contribution is -2.08. The van der Waals surface area contributed by atoms with Gasteiger partial charge in [0, 0.05) is 16.1 Å². The zero-order valence-corrected chi connectivity index (χ0v) is 10.7. The van der Waals surface area contributed by atoms with Crippen molar-refractivity contribution in [1.82, 2.24) is 4.98 Å². The van der Waals surface area contributed by atoms with Gasteiger partial charge in [-0.1, -0.05) is 23.2 Å². The smallest absolute Gasteiger partial charge is 0.0756 e. The second-order valence-corrected chi connectivity index (χ2v) is 4.08. The lowest BCUT2D eigenvalue weighted by atomic mass is 10.1. The van der Waals surface area contributed by atoms with E-state index in [1.165, 1.54) is 0 Å². The maximum absolute atomic E-state index is 6.08. The number of fused-ring (bicyclic) bond motifs is 1. The second-order valence-electron chi connectivity index (χ2n) is 3.24.